The number of methoxy groups -OCH3 is 1. The van der Waals surface area contributed by atoms with E-state index in [0.717, 1.165) is 42.4 Å². The average Bonchev–Trinajstić information content (AvgIpc) is 3.32. The predicted molar refractivity (Wildman–Crippen MR) is 148 cm³/mol. The van der Waals surface area contributed by atoms with Gasteiger partial charge in [0.05, 0.1) is 19.3 Å². The summed E-state index contributed by atoms with van der Waals surface area (Å²) in [6, 6.07) is 17.5. The highest BCUT2D eigenvalue weighted by atomic mass is 16.6. The van der Waals surface area contributed by atoms with Crippen LogP contribution in [-0.4, -0.2) is 30.9 Å². The SMILES string of the molecule is CCC1(CCC(=O)OC)CCC(C)(c2ccc(-c3onc(C)c3NC(=O)O[C@H](C)c3ccccc3)cc2)OC1. The third kappa shape index (κ3) is 6.50. The lowest BCUT2D eigenvalue weighted by Gasteiger charge is -2.45. The van der Waals surface area contributed by atoms with E-state index in [0.29, 0.717) is 30.2 Å². The first-order valence-electron chi connectivity index (χ1n) is 13.5. The molecule has 0 radical (unpaired) electrons. The minimum absolute atomic E-state index is 0.0157. The van der Waals surface area contributed by atoms with Gasteiger partial charge < -0.3 is 18.7 Å². The van der Waals surface area contributed by atoms with Crippen LogP contribution in [0.15, 0.2) is 59.1 Å². The van der Waals surface area contributed by atoms with Gasteiger partial charge in [0.1, 0.15) is 17.5 Å². The lowest BCUT2D eigenvalue weighted by atomic mass is 9.72. The van der Waals surface area contributed by atoms with E-state index in [-0.39, 0.29) is 11.4 Å². The molecular weight excluding hydrogens is 496 g/mol. The lowest BCUT2D eigenvalue weighted by molar-refractivity contribution is -0.147. The summed E-state index contributed by atoms with van der Waals surface area (Å²) in [7, 11) is 1.43. The summed E-state index contributed by atoms with van der Waals surface area (Å²) < 4.78 is 22.5. The molecule has 0 aliphatic carbocycles. The molecule has 8 heteroatoms. The van der Waals surface area contributed by atoms with Crippen LogP contribution < -0.4 is 5.32 Å². The highest BCUT2D eigenvalue weighted by Gasteiger charge is 2.41. The Morgan fingerprint density at radius 2 is 1.82 bits per heavy atom. The first-order chi connectivity index (χ1) is 18.7. The molecule has 0 bridgehead atoms. The van der Waals surface area contributed by atoms with Crippen molar-refractivity contribution in [1.29, 1.82) is 0 Å². The molecule has 1 amide bonds. The number of rotatable bonds is 9. The van der Waals surface area contributed by atoms with Gasteiger partial charge in [-0.05, 0) is 63.0 Å². The molecular formula is C31H38N2O6. The number of nitrogens with zero attached hydrogens (tertiary/aromatic N) is 1. The molecule has 0 spiro atoms. The molecule has 0 saturated carbocycles. The van der Waals surface area contributed by atoms with Gasteiger partial charge >= 0.3 is 12.1 Å². The Hall–Kier alpha value is -3.65. The molecule has 3 aromatic rings. The Morgan fingerprint density at radius 1 is 1.10 bits per heavy atom. The minimum Gasteiger partial charge on any atom is -0.469 e. The number of ether oxygens (including phenoxy) is 3. The van der Waals surface area contributed by atoms with Gasteiger partial charge in [-0.15, -0.1) is 0 Å². The van der Waals surface area contributed by atoms with Crippen molar-refractivity contribution >= 4 is 17.7 Å². The molecule has 208 valence electrons. The van der Waals surface area contributed by atoms with Gasteiger partial charge in [-0.25, -0.2) is 4.79 Å². The molecule has 3 atom stereocenters. The van der Waals surface area contributed by atoms with Gasteiger partial charge in [-0.3, -0.25) is 10.1 Å². The number of hydrogen-bond acceptors (Lipinski definition) is 7. The smallest absolute Gasteiger partial charge is 0.412 e. The van der Waals surface area contributed by atoms with Crippen LogP contribution in [0, 0.1) is 12.3 Å². The second-order valence-corrected chi connectivity index (χ2v) is 10.6. The fourth-order valence-electron chi connectivity index (χ4n) is 5.08. The third-order valence-corrected chi connectivity index (χ3v) is 8.07. The fourth-order valence-corrected chi connectivity index (χ4v) is 5.08. The van der Waals surface area contributed by atoms with Gasteiger partial charge in [0.2, 0.25) is 0 Å². The quantitative estimate of drug-likeness (QED) is 0.287. The number of anilines is 1. The Labute approximate surface area is 230 Å². The number of carbonyl (C=O) groups excluding carboxylic acids is 2. The van der Waals surface area contributed by atoms with Gasteiger partial charge in [-0.1, -0.05) is 66.7 Å². The summed E-state index contributed by atoms with van der Waals surface area (Å²) in [4.78, 5) is 24.4. The maximum Gasteiger partial charge on any atom is 0.412 e. The van der Waals surface area contributed by atoms with Crippen LogP contribution in [-0.2, 0) is 24.6 Å². The normalized spacial score (nSPS) is 21.7. The van der Waals surface area contributed by atoms with Crippen LogP contribution in [0.2, 0.25) is 0 Å². The Morgan fingerprint density at radius 3 is 2.44 bits per heavy atom. The Kier molecular flexibility index (Phi) is 8.75. The molecule has 8 nitrogen and oxygen atoms in total. The Bertz CT molecular complexity index is 1260. The molecule has 1 aliphatic rings. The number of carbonyl (C=O) groups is 2. The van der Waals surface area contributed by atoms with Crippen molar-refractivity contribution in [1.82, 2.24) is 5.16 Å². The zero-order valence-electron chi connectivity index (χ0n) is 23.4. The second kappa shape index (κ2) is 12.0. The average molecular weight is 535 g/mol. The molecule has 4 rings (SSSR count). The molecule has 2 heterocycles. The number of hydrogen-bond donors (Lipinski definition) is 1. The molecule has 2 aromatic carbocycles. The molecule has 1 fully saturated rings. The Balaban J connectivity index is 1.43. The van der Waals surface area contributed by atoms with Crippen LogP contribution in [0.5, 0.6) is 0 Å². The van der Waals surface area contributed by atoms with E-state index in [1.54, 1.807) is 6.92 Å². The van der Waals surface area contributed by atoms with Gasteiger partial charge in [0.25, 0.3) is 0 Å². The van der Waals surface area contributed by atoms with Gasteiger partial charge in [0.15, 0.2) is 5.76 Å². The largest absolute Gasteiger partial charge is 0.469 e. The lowest BCUT2D eigenvalue weighted by Crippen LogP contribution is -2.41. The van der Waals surface area contributed by atoms with E-state index in [4.69, 9.17) is 18.7 Å². The summed E-state index contributed by atoms with van der Waals surface area (Å²) in [6.45, 7) is 8.46. The van der Waals surface area contributed by atoms with E-state index >= 15 is 0 Å². The van der Waals surface area contributed by atoms with E-state index in [1.165, 1.54) is 7.11 Å². The zero-order valence-corrected chi connectivity index (χ0v) is 23.4. The maximum absolute atomic E-state index is 12.7. The summed E-state index contributed by atoms with van der Waals surface area (Å²) >= 11 is 0. The fraction of sp³-hybridized carbons (Fsp3) is 0.452. The van der Waals surface area contributed by atoms with Gasteiger partial charge in [0, 0.05) is 12.0 Å². The molecule has 1 aliphatic heterocycles. The number of amides is 1. The van der Waals surface area contributed by atoms with Crippen molar-refractivity contribution in [2.75, 3.05) is 19.0 Å². The second-order valence-electron chi connectivity index (χ2n) is 10.6. The van der Waals surface area contributed by atoms with Crippen LogP contribution >= 0.6 is 0 Å². The summed E-state index contributed by atoms with van der Waals surface area (Å²) in [5, 5.41) is 6.88. The van der Waals surface area contributed by atoms with Crippen molar-refractivity contribution in [2.24, 2.45) is 5.41 Å². The van der Waals surface area contributed by atoms with Crippen molar-refractivity contribution in [3.8, 4) is 11.3 Å². The molecule has 1 saturated heterocycles. The van der Waals surface area contributed by atoms with E-state index in [2.05, 4.69) is 24.3 Å². The highest BCUT2D eigenvalue weighted by molar-refractivity contribution is 5.90. The van der Waals surface area contributed by atoms with Crippen LogP contribution in [0.1, 0.15) is 75.8 Å². The van der Waals surface area contributed by atoms with Crippen molar-refractivity contribution in [2.45, 2.75) is 71.5 Å². The minimum atomic E-state index is -0.578. The summed E-state index contributed by atoms with van der Waals surface area (Å²) in [6.07, 6.45) is 2.95. The number of aromatic nitrogens is 1. The summed E-state index contributed by atoms with van der Waals surface area (Å²) in [5.41, 5.74) is 3.34. The van der Waals surface area contributed by atoms with Crippen LogP contribution in [0.4, 0.5) is 10.5 Å². The van der Waals surface area contributed by atoms with Gasteiger partial charge in [-0.2, -0.15) is 0 Å². The van der Waals surface area contributed by atoms with Crippen molar-refractivity contribution in [3.63, 3.8) is 0 Å². The topological polar surface area (TPSA) is 99.9 Å². The predicted octanol–water partition coefficient (Wildman–Crippen LogP) is 7.33. The van der Waals surface area contributed by atoms with E-state index in [1.807, 2.05) is 61.5 Å². The van der Waals surface area contributed by atoms with Crippen molar-refractivity contribution in [3.05, 3.63) is 71.4 Å². The molecule has 1 aromatic heterocycles. The van der Waals surface area contributed by atoms with E-state index in [9.17, 15) is 9.59 Å². The van der Waals surface area contributed by atoms with Crippen LogP contribution in [0.3, 0.4) is 0 Å². The number of esters is 1. The first-order valence-corrected chi connectivity index (χ1v) is 13.5. The standard InChI is InChI=1S/C31H38N2O6/c1-6-31(17-16-26(34)36-5)19-18-30(4,37-20-31)25-14-12-24(13-15-25)28-27(21(2)33-39-28)32-29(35)38-22(3)23-10-8-7-9-11-23/h7-15,22H,6,16-20H2,1-5H3,(H,32,35)/t22-,30?,31?/m1/s1. The molecule has 2 unspecified atom stereocenters. The van der Waals surface area contributed by atoms with E-state index < -0.39 is 17.8 Å². The third-order valence-electron chi connectivity index (χ3n) is 8.07. The number of aryl methyl sites for hydroxylation is 1. The number of benzene rings is 2. The zero-order chi connectivity index (χ0) is 28.0. The maximum atomic E-state index is 12.7. The highest BCUT2D eigenvalue weighted by Crippen LogP contribution is 2.46. The summed E-state index contributed by atoms with van der Waals surface area (Å²) in [5.74, 6) is 0.285. The van der Waals surface area contributed by atoms with Crippen LogP contribution in [0.25, 0.3) is 11.3 Å². The first kappa shape index (κ1) is 28.4. The molecule has 1 N–H and O–H groups in total. The van der Waals surface area contributed by atoms with Crippen molar-refractivity contribution < 1.29 is 28.3 Å². The number of nitrogens with one attached hydrogen (secondary N) is 1. The molecule has 39 heavy (non-hydrogen) atoms. The monoisotopic (exact) mass is 534 g/mol.